The van der Waals surface area contributed by atoms with Gasteiger partial charge < -0.3 is 20.1 Å². The molecule has 2 aliphatic heterocycles. The van der Waals surface area contributed by atoms with Crippen LogP contribution in [-0.4, -0.2) is 31.2 Å². The van der Waals surface area contributed by atoms with Crippen LogP contribution in [0.2, 0.25) is 0 Å². The van der Waals surface area contributed by atoms with E-state index in [1.807, 2.05) is 25.1 Å². The maximum absolute atomic E-state index is 12.8. The Kier molecular flexibility index (Phi) is 5.55. The molecule has 4 rings (SSSR count). The van der Waals surface area contributed by atoms with Gasteiger partial charge in [-0.2, -0.15) is 5.26 Å². The monoisotopic (exact) mass is 418 g/mol. The zero-order chi connectivity index (χ0) is 22.1. The average molecular weight is 418 g/mol. The highest BCUT2D eigenvalue weighted by atomic mass is 16.5. The van der Waals surface area contributed by atoms with E-state index in [2.05, 4.69) is 17.0 Å². The SMILES string of the molecule is COC(=O)C1=C(C)OC(N)=C(C#N)[C@H]1c1cc2cc(C)ccc2nc1N1CCCCC1. The van der Waals surface area contributed by atoms with Gasteiger partial charge >= 0.3 is 5.97 Å². The van der Waals surface area contributed by atoms with Gasteiger partial charge in [-0.3, -0.25) is 0 Å². The number of fused-ring (bicyclic) bond motifs is 1. The van der Waals surface area contributed by atoms with Crippen LogP contribution >= 0.6 is 0 Å². The number of piperidine rings is 1. The molecule has 1 fully saturated rings. The van der Waals surface area contributed by atoms with E-state index in [1.54, 1.807) is 6.92 Å². The van der Waals surface area contributed by atoms with Crippen LogP contribution in [0.5, 0.6) is 0 Å². The van der Waals surface area contributed by atoms with Crippen molar-refractivity contribution in [1.82, 2.24) is 4.98 Å². The quantitative estimate of drug-likeness (QED) is 0.757. The molecule has 3 heterocycles. The van der Waals surface area contributed by atoms with E-state index in [0.717, 1.165) is 53.8 Å². The number of aromatic nitrogens is 1. The molecule has 31 heavy (non-hydrogen) atoms. The predicted molar refractivity (Wildman–Crippen MR) is 118 cm³/mol. The van der Waals surface area contributed by atoms with Gasteiger partial charge in [0, 0.05) is 24.0 Å². The first-order valence-electron chi connectivity index (χ1n) is 10.5. The van der Waals surface area contributed by atoms with Crippen LogP contribution in [0.1, 0.15) is 43.2 Å². The number of esters is 1. The van der Waals surface area contributed by atoms with Crippen molar-refractivity contribution < 1.29 is 14.3 Å². The summed E-state index contributed by atoms with van der Waals surface area (Å²) in [5.74, 6) is -0.135. The second-order valence-electron chi connectivity index (χ2n) is 8.03. The molecule has 1 saturated heterocycles. The average Bonchev–Trinajstić information content (AvgIpc) is 2.77. The molecule has 1 atom stereocenters. The van der Waals surface area contributed by atoms with Gasteiger partial charge in [-0.15, -0.1) is 0 Å². The second kappa shape index (κ2) is 8.31. The van der Waals surface area contributed by atoms with Crippen LogP contribution in [-0.2, 0) is 14.3 Å². The summed E-state index contributed by atoms with van der Waals surface area (Å²) in [6.45, 7) is 5.43. The molecule has 7 nitrogen and oxygen atoms in total. The molecule has 0 aliphatic carbocycles. The van der Waals surface area contributed by atoms with Crippen molar-refractivity contribution in [2.45, 2.75) is 39.0 Å². The van der Waals surface area contributed by atoms with E-state index in [-0.39, 0.29) is 17.0 Å². The summed E-state index contributed by atoms with van der Waals surface area (Å²) in [5.41, 5.74) is 9.31. The van der Waals surface area contributed by atoms with Gasteiger partial charge in [0.25, 0.3) is 0 Å². The number of carbonyl (C=O) groups excluding carboxylic acids is 1. The third-order valence-corrected chi connectivity index (χ3v) is 5.96. The molecule has 1 aromatic carbocycles. The molecule has 0 bridgehead atoms. The molecule has 0 amide bonds. The maximum atomic E-state index is 12.8. The van der Waals surface area contributed by atoms with Gasteiger partial charge in [-0.1, -0.05) is 11.6 Å². The first-order chi connectivity index (χ1) is 14.9. The highest BCUT2D eigenvalue weighted by Gasteiger charge is 2.38. The van der Waals surface area contributed by atoms with Crippen LogP contribution in [0.3, 0.4) is 0 Å². The van der Waals surface area contributed by atoms with E-state index in [1.165, 1.54) is 13.5 Å². The maximum Gasteiger partial charge on any atom is 0.338 e. The summed E-state index contributed by atoms with van der Waals surface area (Å²) in [5, 5.41) is 10.9. The summed E-state index contributed by atoms with van der Waals surface area (Å²) >= 11 is 0. The zero-order valence-corrected chi connectivity index (χ0v) is 18.1. The molecule has 0 saturated carbocycles. The lowest BCUT2D eigenvalue weighted by Gasteiger charge is -2.33. The fourth-order valence-corrected chi connectivity index (χ4v) is 4.44. The van der Waals surface area contributed by atoms with Gasteiger partial charge in [-0.05, 0) is 51.3 Å². The molecule has 2 aliphatic rings. The minimum atomic E-state index is -0.708. The predicted octanol–water partition coefficient (Wildman–Crippen LogP) is 3.79. The Bertz CT molecular complexity index is 1150. The molecule has 2 N–H and O–H groups in total. The number of hydrogen-bond acceptors (Lipinski definition) is 7. The van der Waals surface area contributed by atoms with Crippen LogP contribution in [0.25, 0.3) is 10.9 Å². The summed E-state index contributed by atoms with van der Waals surface area (Å²) in [6.07, 6.45) is 3.32. The van der Waals surface area contributed by atoms with Crippen LogP contribution in [0.4, 0.5) is 5.82 Å². The van der Waals surface area contributed by atoms with Crippen LogP contribution in [0, 0.1) is 18.3 Å². The molecule has 7 heteroatoms. The number of nitriles is 1. The third kappa shape index (κ3) is 3.70. The number of allylic oxidation sites excluding steroid dienone is 2. The second-order valence-corrected chi connectivity index (χ2v) is 8.03. The summed E-state index contributed by atoms with van der Waals surface area (Å²) in [4.78, 5) is 20.0. The van der Waals surface area contributed by atoms with E-state index in [4.69, 9.17) is 20.2 Å². The number of pyridine rings is 1. The Morgan fingerprint density at radius 3 is 2.68 bits per heavy atom. The summed E-state index contributed by atoms with van der Waals surface area (Å²) in [6, 6.07) is 10.3. The number of carbonyl (C=O) groups is 1. The highest BCUT2D eigenvalue weighted by Crippen LogP contribution is 2.44. The first kappa shape index (κ1) is 20.7. The lowest BCUT2D eigenvalue weighted by atomic mass is 9.82. The van der Waals surface area contributed by atoms with Crippen molar-refractivity contribution >= 4 is 22.7 Å². The van der Waals surface area contributed by atoms with Crippen molar-refractivity contribution in [2.24, 2.45) is 5.73 Å². The van der Waals surface area contributed by atoms with Gasteiger partial charge in [0.1, 0.15) is 23.2 Å². The number of benzene rings is 1. The molecule has 0 radical (unpaired) electrons. The number of rotatable bonds is 3. The molecule has 0 spiro atoms. The van der Waals surface area contributed by atoms with Crippen molar-refractivity contribution in [3.8, 4) is 6.07 Å². The Morgan fingerprint density at radius 2 is 2.00 bits per heavy atom. The van der Waals surface area contributed by atoms with E-state index in [9.17, 15) is 10.1 Å². The Labute approximate surface area is 181 Å². The van der Waals surface area contributed by atoms with Crippen LogP contribution in [0.15, 0.2) is 47.1 Å². The van der Waals surface area contributed by atoms with E-state index >= 15 is 0 Å². The number of nitrogens with two attached hydrogens (primary N) is 1. The Morgan fingerprint density at radius 1 is 1.26 bits per heavy atom. The smallest absolute Gasteiger partial charge is 0.338 e. The summed E-state index contributed by atoms with van der Waals surface area (Å²) < 4.78 is 10.6. The first-order valence-corrected chi connectivity index (χ1v) is 10.5. The van der Waals surface area contributed by atoms with Gasteiger partial charge in [0.15, 0.2) is 0 Å². The van der Waals surface area contributed by atoms with Gasteiger partial charge in [0.2, 0.25) is 5.88 Å². The standard InChI is InChI=1S/C24H26N4O3/c1-14-7-8-19-16(11-14)12-17(23(27-19)28-9-5-4-6-10-28)21-18(13-25)22(26)31-15(2)20(21)24(29)30-3/h7-8,11-12,21H,4-6,9-10,26H2,1-3H3/t21-/m1/s1. The van der Waals surface area contributed by atoms with E-state index in [0.29, 0.717) is 5.76 Å². The Hall–Kier alpha value is -3.53. The molecule has 160 valence electrons. The van der Waals surface area contributed by atoms with Gasteiger partial charge in [-0.25, -0.2) is 9.78 Å². The van der Waals surface area contributed by atoms with E-state index < -0.39 is 11.9 Å². The number of nitrogens with zero attached hydrogens (tertiary/aromatic N) is 3. The van der Waals surface area contributed by atoms with Crippen molar-refractivity contribution in [2.75, 3.05) is 25.1 Å². The number of methoxy groups -OCH3 is 1. The number of anilines is 1. The molecular weight excluding hydrogens is 392 g/mol. The van der Waals surface area contributed by atoms with Crippen LogP contribution < -0.4 is 10.6 Å². The zero-order valence-electron chi connectivity index (χ0n) is 18.1. The fraction of sp³-hybridized carbons (Fsp3) is 0.375. The number of ether oxygens (including phenoxy) is 2. The Balaban J connectivity index is 2.01. The normalized spacial score (nSPS) is 19.3. The summed E-state index contributed by atoms with van der Waals surface area (Å²) in [7, 11) is 1.32. The van der Waals surface area contributed by atoms with Crippen molar-refractivity contribution in [1.29, 1.82) is 5.26 Å². The fourth-order valence-electron chi connectivity index (χ4n) is 4.44. The minimum absolute atomic E-state index is 0.00610. The number of aryl methyl sites for hydroxylation is 1. The molecular formula is C24H26N4O3. The minimum Gasteiger partial charge on any atom is -0.466 e. The van der Waals surface area contributed by atoms with Gasteiger partial charge in [0.05, 0.1) is 24.1 Å². The topological polar surface area (TPSA) is 101 Å². The molecule has 0 unspecified atom stereocenters. The molecule has 1 aromatic heterocycles. The lowest BCUT2D eigenvalue weighted by molar-refractivity contribution is -0.136. The third-order valence-electron chi connectivity index (χ3n) is 5.96. The highest BCUT2D eigenvalue weighted by molar-refractivity contribution is 5.94. The number of hydrogen-bond donors (Lipinski definition) is 1. The molecule has 2 aromatic rings. The van der Waals surface area contributed by atoms with Crippen molar-refractivity contribution in [3.63, 3.8) is 0 Å². The lowest BCUT2D eigenvalue weighted by Crippen LogP contribution is -2.33. The largest absolute Gasteiger partial charge is 0.466 e. The van der Waals surface area contributed by atoms with Crippen molar-refractivity contribution in [3.05, 3.63) is 58.2 Å².